The SMILES string of the molecule is CN(c1ccc2c(c1)OCO2)c1ncnc2cc(-c3ccccc3Cl)sc12. The number of ether oxygens (including phenoxy) is 2. The van der Waals surface area contributed by atoms with Gasteiger partial charge in [0.05, 0.1) is 10.2 Å². The number of aromatic nitrogens is 2. The molecule has 0 spiro atoms. The topological polar surface area (TPSA) is 47.5 Å². The standard InChI is InChI=1S/C20H14ClN3O2S/c1-24(12-6-7-16-17(8-12)26-11-25-16)20-19-15(22-10-23-20)9-18(27-19)13-4-2-3-5-14(13)21/h2-10H,11H2,1H3. The van der Waals surface area contributed by atoms with Crippen molar-refractivity contribution in [3.8, 4) is 21.9 Å². The summed E-state index contributed by atoms with van der Waals surface area (Å²) in [6, 6.07) is 15.7. The molecule has 1 aliphatic rings. The molecule has 0 fully saturated rings. The van der Waals surface area contributed by atoms with Crippen molar-refractivity contribution in [2.45, 2.75) is 0 Å². The van der Waals surface area contributed by atoms with E-state index in [1.807, 2.05) is 54.4 Å². The summed E-state index contributed by atoms with van der Waals surface area (Å²) < 4.78 is 11.9. The molecule has 0 saturated heterocycles. The average molecular weight is 396 g/mol. The summed E-state index contributed by atoms with van der Waals surface area (Å²) in [5.41, 5.74) is 2.86. The van der Waals surface area contributed by atoms with Crippen LogP contribution >= 0.6 is 22.9 Å². The smallest absolute Gasteiger partial charge is 0.231 e. The zero-order valence-corrected chi connectivity index (χ0v) is 15.9. The van der Waals surface area contributed by atoms with Crippen LogP contribution in [0.3, 0.4) is 0 Å². The molecular formula is C20H14ClN3O2S. The highest BCUT2D eigenvalue weighted by atomic mass is 35.5. The maximum atomic E-state index is 6.37. The van der Waals surface area contributed by atoms with Crippen LogP contribution in [0.2, 0.25) is 5.02 Å². The van der Waals surface area contributed by atoms with Gasteiger partial charge in [-0.3, -0.25) is 0 Å². The summed E-state index contributed by atoms with van der Waals surface area (Å²) in [5, 5.41) is 0.725. The van der Waals surface area contributed by atoms with Crippen LogP contribution in [0.1, 0.15) is 0 Å². The lowest BCUT2D eigenvalue weighted by Gasteiger charge is -2.19. The van der Waals surface area contributed by atoms with Crippen molar-refractivity contribution in [3.63, 3.8) is 0 Å². The fourth-order valence-corrected chi connectivity index (χ4v) is 4.56. The van der Waals surface area contributed by atoms with Crippen molar-refractivity contribution < 1.29 is 9.47 Å². The predicted octanol–water partition coefficient (Wildman–Crippen LogP) is 5.51. The average Bonchev–Trinajstić information content (AvgIpc) is 3.33. The Bertz CT molecular complexity index is 1160. The van der Waals surface area contributed by atoms with Crippen LogP contribution in [-0.2, 0) is 0 Å². The van der Waals surface area contributed by atoms with Crippen molar-refractivity contribution in [2.24, 2.45) is 0 Å². The van der Waals surface area contributed by atoms with Crippen molar-refractivity contribution in [1.82, 2.24) is 9.97 Å². The first-order valence-electron chi connectivity index (χ1n) is 8.33. The zero-order chi connectivity index (χ0) is 18.4. The third-order valence-electron chi connectivity index (χ3n) is 4.49. The second kappa shape index (κ2) is 6.40. The summed E-state index contributed by atoms with van der Waals surface area (Å²) in [5.74, 6) is 2.34. The quantitative estimate of drug-likeness (QED) is 0.458. The van der Waals surface area contributed by atoms with Crippen molar-refractivity contribution in [3.05, 3.63) is 59.9 Å². The van der Waals surface area contributed by atoms with E-state index in [9.17, 15) is 0 Å². The minimum atomic E-state index is 0.256. The first-order valence-corrected chi connectivity index (χ1v) is 9.53. The highest BCUT2D eigenvalue weighted by Crippen LogP contribution is 2.42. The van der Waals surface area contributed by atoms with E-state index < -0.39 is 0 Å². The molecule has 4 aromatic rings. The molecule has 0 amide bonds. The Kier molecular flexibility index (Phi) is 3.88. The van der Waals surface area contributed by atoms with E-state index in [0.717, 1.165) is 48.7 Å². The van der Waals surface area contributed by atoms with Crippen LogP contribution in [0.5, 0.6) is 11.5 Å². The highest BCUT2D eigenvalue weighted by Gasteiger charge is 2.19. The van der Waals surface area contributed by atoms with Gasteiger partial charge in [0.2, 0.25) is 6.79 Å². The molecule has 0 bridgehead atoms. The lowest BCUT2D eigenvalue weighted by atomic mass is 10.2. The molecule has 3 heterocycles. The fourth-order valence-electron chi connectivity index (χ4n) is 3.09. The van der Waals surface area contributed by atoms with Gasteiger partial charge in [-0.2, -0.15) is 0 Å². The van der Waals surface area contributed by atoms with Crippen LogP contribution in [0.4, 0.5) is 11.5 Å². The van der Waals surface area contributed by atoms with Crippen LogP contribution < -0.4 is 14.4 Å². The van der Waals surface area contributed by atoms with Crippen molar-refractivity contribution in [1.29, 1.82) is 0 Å². The second-order valence-electron chi connectivity index (χ2n) is 6.10. The Balaban J connectivity index is 1.60. The van der Waals surface area contributed by atoms with Gasteiger partial charge in [-0.25, -0.2) is 9.97 Å². The monoisotopic (exact) mass is 395 g/mol. The predicted molar refractivity (Wildman–Crippen MR) is 108 cm³/mol. The highest BCUT2D eigenvalue weighted by molar-refractivity contribution is 7.22. The van der Waals surface area contributed by atoms with Crippen LogP contribution in [0.25, 0.3) is 20.7 Å². The van der Waals surface area contributed by atoms with Crippen LogP contribution in [0.15, 0.2) is 54.9 Å². The van der Waals surface area contributed by atoms with E-state index in [4.69, 9.17) is 21.1 Å². The van der Waals surface area contributed by atoms with Crippen molar-refractivity contribution >= 4 is 44.7 Å². The molecule has 0 aliphatic carbocycles. The number of nitrogens with zero attached hydrogens (tertiary/aromatic N) is 3. The lowest BCUT2D eigenvalue weighted by molar-refractivity contribution is 0.174. The van der Waals surface area contributed by atoms with Gasteiger partial charge in [0.1, 0.15) is 6.33 Å². The summed E-state index contributed by atoms with van der Waals surface area (Å²) in [6.45, 7) is 0.256. The number of fused-ring (bicyclic) bond motifs is 2. The third kappa shape index (κ3) is 2.78. The van der Waals surface area contributed by atoms with E-state index in [1.54, 1.807) is 17.7 Å². The molecule has 2 aromatic carbocycles. The summed E-state index contributed by atoms with van der Waals surface area (Å²) in [7, 11) is 1.98. The molecule has 134 valence electrons. The molecule has 0 N–H and O–H groups in total. The molecule has 0 unspecified atom stereocenters. The first-order chi connectivity index (χ1) is 13.2. The lowest BCUT2D eigenvalue weighted by Crippen LogP contribution is -2.11. The Morgan fingerprint density at radius 3 is 2.78 bits per heavy atom. The van der Waals surface area contributed by atoms with Crippen LogP contribution in [0, 0.1) is 0 Å². The number of anilines is 2. The maximum Gasteiger partial charge on any atom is 0.231 e. The molecule has 0 atom stereocenters. The van der Waals surface area contributed by atoms with E-state index in [1.165, 1.54) is 0 Å². The molecule has 7 heteroatoms. The number of thiophene rings is 1. The van der Waals surface area contributed by atoms with E-state index in [-0.39, 0.29) is 6.79 Å². The number of hydrogen-bond donors (Lipinski definition) is 0. The minimum absolute atomic E-state index is 0.256. The third-order valence-corrected chi connectivity index (χ3v) is 5.98. The van der Waals surface area contributed by atoms with Gasteiger partial charge in [-0.1, -0.05) is 29.8 Å². The molecule has 5 rings (SSSR count). The Hall–Kier alpha value is -2.83. The van der Waals surface area contributed by atoms with Gasteiger partial charge < -0.3 is 14.4 Å². The first kappa shape index (κ1) is 16.4. The van der Waals surface area contributed by atoms with Gasteiger partial charge in [0, 0.05) is 34.3 Å². The molecule has 5 nitrogen and oxygen atoms in total. The fraction of sp³-hybridized carbons (Fsp3) is 0.100. The van der Waals surface area contributed by atoms with E-state index in [0.29, 0.717) is 0 Å². The second-order valence-corrected chi connectivity index (χ2v) is 7.56. The molecule has 0 radical (unpaired) electrons. The van der Waals surface area contributed by atoms with Gasteiger partial charge >= 0.3 is 0 Å². The summed E-state index contributed by atoms with van der Waals surface area (Å²) >= 11 is 8.01. The minimum Gasteiger partial charge on any atom is -0.454 e. The molecule has 1 aliphatic heterocycles. The normalized spacial score (nSPS) is 12.5. The van der Waals surface area contributed by atoms with Gasteiger partial charge in [-0.05, 0) is 24.3 Å². The Morgan fingerprint density at radius 1 is 1.04 bits per heavy atom. The van der Waals surface area contributed by atoms with Gasteiger partial charge in [0.25, 0.3) is 0 Å². The number of halogens is 1. The Morgan fingerprint density at radius 2 is 1.89 bits per heavy atom. The number of rotatable bonds is 3. The molecule has 2 aromatic heterocycles. The largest absolute Gasteiger partial charge is 0.454 e. The number of benzene rings is 2. The van der Waals surface area contributed by atoms with Crippen molar-refractivity contribution in [2.75, 3.05) is 18.7 Å². The van der Waals surface area contributed by atoms with Crippen LogP contribution in [-0.4, -0.2) is 23.8 Å². The van der Waals surface area contributed by atoms with Gasteiger partial charge in [-0.15, -0.1) is 11.3 Å². The summed E-state index contributed by atoms with van der Waals surface area (Å²) in [6.07, 6.45) is 1.59. The molecule has 0 saturated carbocycles. The van der Waals surface area contributed by atoms with E-state index >= 15 is 0 Å². The van der Waals surface area contributed by atoms with Gasteiger partial charge in [0.15, 0.2) is 17.3 Å². The molecular weight excluding hydrogens is 382 g/mol. The van der Waals surface area contributed by atoms with E-state index in [2.05, 4.69) is 16.0 Å². The maximum absolute atomic E-state index is 6.37. The Labute approximate surface area is 164 Å². The molecule has 27 heavy (non-hydrogen) atoms. The zero-order valence-electron chi connectivity index (χ0n) is 14.3. The number of hydrogen-bond acceptors (Lipinski definition) is 6. The summed E-state index contributed by atoms with van der Waals surface area (Å²) in [4.78, 5) is 12.1.